The normalized spacial score (nSPS) is 12.4. The molecule has 0 spiro atoms. The molecule has 0 radical (unpaired) electrons. The molecule has 0 amide bonds. The smallest absolute Gasteiger partial charge is 0.207 e. The maximum absolute atomic E-state index is 12.1. The quantitative estimate of drug-likeness (QED) is 0.848. The molecule has 0 heterocycles. The zero-order chi connectivity index (χ0) is 14.5. The SMILES string of the molecule is C#CC(CCC)NS(=O)(=O)c1ccc(C#N)cc1Cl. The summed E-state index contributed by atoms with van der Waals surface area (Å²) in [6.07, 6.45) is 6.58. The van der Waals surface area contributed by atoms with Gasteiger partial charge in [-0.05, 0) is 24.6 Å². The van der Waals surface area contributed by atoms with Crippen molar-refractivity contribution in [3.63, 3.8) is 0 Å². The first-order valence-corrected chi connectivity index (χ1v) is 7.48. The van der Waals surface area contributed by atoms with Gasteiger partial charge in [0.25, 0.3) is 0 Å². The van der Waals surface area contributed by atoms with Crippen LogP contribution >= 0.6 is 11.6 Å². The Bertz CT molecular complexity index is 642. The van der Waals surface area contributed by atoms with Gasteiger partial charge in [0.15, 0.2) is 0 Å². The standard InChI is InChI=1S/C13H13ClN2O2S/c1-3-5-11(4-2)16-19(17,18)13-7-6-10(9-15)8-12(13)14/h2,6-8,11,16H,3,5H2,1H3. The Morgan fingerprint density at radius 1 is 1.53 bits per heavy atom. The van der Waals surface area contributed by atoms with Crippen LogP contribution in [0.1, 0.15) is 25.3 Å². The molecule has 1 atom stereocenters. The molecule has 1 rings (SSSR count). The fourth-order valence-corrected chi connectivity index (χ4v) is 3.24. The van der Waals surface area contributed by atoms with E-state index in [0.29, 0.717) is 12.0 Å². The van der Waals surface area contributed by atoms with Gasteiger partial charge in [0.2, 0.25) is 10.0 Å². The van der Waals surface area contributed by atoms with E-state index in [0.717, 1.165) is 6.42 Å². The average molecular weight is 297 g/mol. The highest BCUT2D eigenvalue weighted by Gasteiger charge is 2.21. The van der Waals surface area contributed by atoms with Crippen LogP contribution < -0.4 is 4.72 Å². The van der Waals surface area contributed by atoms with E-state index in [-0.39, 0.29) is 9.92 Å². The van der Waals surface area contributed by atoms with E-state index in [4.69, 9.17) is 23.3 Å². The molecule has 6 heteroatoms. The Morgan fingerprint density at radius 3 is 2.68 bits per heavy atom. The fourth-order valence-electron chi connectivity index (χ4n) is 1.50. The summed E-state index contributed by atoms with van der Waals surface area (Å²) >= 11 is 5.87. The lowest BCUT2D eigenvalue weighted by Crippen LogP contribution is -2.33. The number of nitriles is 1. The molecule has 0 fully saturated rings. The Balaban J connectivity index is 3.08. The maximum Gasteiger partial charge on any atom is 0.243 e. The first-order valence-electron chi connectivity index (χ1n) is 5.62. The molecule has 0 aliphatic heterocycles. The molecule has 19 heavy (non-hydrogen) atoms. The molecule has 1 aromatic carbocycles. The lowest BCUT2D eigenvalue weighted by Gasteiger charge is -2.13. The van der Waals surface area contributed by atoms with Gasteiger partial charge in [-0.25, -0.2) is 8.42 Å². The van der Waals surface area contributed by atoms with Crippen molar-refractivity contribution in [1.29, 1.82) is 5.26 Å². The highest BCUT2D eigenvalue weighted by Crippen LogP contribution is 2.22. The minimum absolute atomic E-state index is 0.00109. The van der Waals surface area contributed by atoms with Crippen LogP contribution in [0.2, 0.25) is 5.02 Å². The van der Waals surface area contributed by atoms with Crippen LogP contribution in [-0.4, -0.2) is 14.5 Å². The molecule has 4 nitrogen and oxygen atoms in total. The molecule has 0 aliphatic rings. The van der Waals surface area contributed by atoms with Crippen molar-refractivity contribution in [1.82, 2.24) is 4.72 Å². The van der Waals surface area contributed by atoms with Crippen LogP contribution in [-0.2, 0) is 10.0 Å². The van der Waals surface area contributed by atoms with Crippen molar-refractivity contribution in [2.45, 2.75) is 30.7 Å². The third-order valence-electron chi connectivity index (χ3n) is 2.43. The molecular weight excluding hydrogens is 284 g/mol. The second-order valence-corrected chi connectivity index (χ2v) is 5.98. The summed E-state index contributed by atoms with van der Waals surface area (Å²) in [5.41, 5.74) is 0.297. The van der Waals surface area contributed by atoms with Crippen LogP contribution in [0.3, 0.4) is 0 Å². The molecule has 0 aromatic heterocycles. The van der Waals surface area contributed by atoms with Gasteiger partial charge in [-0.3, -0.25) is 0 Å². The minimum Gasteiger partial charge on any atom is -0.207 e. The second kappa shape index (κ2) is 6.58. The van der Waals surface area contributed by atoms with Crippen molar-refractivity contribution in [3.05, 3.63) is 28.8 Å². The number of rotatable bonds is 5. The minimum atomic E-state index is -3.78. The zero-order valence-electron chi connectivity index (χ0n) is 10.4. The van der Waals surface area contributed by atoms with Crippen LogP contribution in [0.4, 0.5) is 0 Å². The summed E-state index contributed by atoms with van der Waals surface area (Å²) in [5, 5.41) is 8.71. The van der Waals surface area contributed by atoms with Crippen LogP contribution in [0, 0.1) is 23.7 Å². The van der Waals surface area contributed by atoms with Crippen molar-refractivity contribution in [2.75, 3.05) is 0 Å². The van der Waals surface area contributed by atoms with E-state index in [2.05, 4.69) is 10.6 Å². The van der Waals surface area contributed by atoms with Gasteiger partial charge in [0.05, 0.1) is 22.7 Å². The first-order chi connectivity index (χ1) is 8.94. The van der Waals surface area contributed by atoms with Crippen molar-refractivity contribution in [2.24, 2.45) is 0 Å². The fraction of sp³-hybridized carbons (Fsp3) is 0.308. The van der Waals surface area contributed by atoms with Crippen molar-refractivity contribution < 1.29 is 8.42 Å². The molecule has 100 valence electrons. The molecule has 0 bridgehead atoms. The third kappa shape index (κ3) is 3.97. The lowest BCUT2D eigenvalue weighted by molar-refractivity contribution is 0.564. The number of halogens is 1. The Labute approximate surface area is 118 Å². The van der Waals surface area contributed by atoms with Crippen LogP contribution in [0.25, 0.3) is 0 Å². The number of nitrogens with one attached hydrogen (secondary N) is 1. The molecule has 1 aromatic rings. The predicted octanol–water partition coefficient (Wildman–Crippen LogP) is 2.29. The van der Waals surface area contributed by atoms with Gasteiger partial charge in [-0.2, -0.15) is 9.98 Å². The Hall–Kier alpha value is -1.53. The number of nitrogens with zero attached hydrogens (tertiary/aromatic N) is 1. The molecular formula is C13H13ClN2O2S. The van der Waals surface area contributed by atoms with Crippen molar-refractivity contribution in [3.8, 4) is 18.4 Å². The lowest BCUT2D eigenvalue weighted by atomic mass is 10.2. The largest absolute Gasteiger partial charge is 0.243 e. The third-order valence-corrected chi connectivity index (χ3v) is 4.38. The van der Waals surface area contributed by atoms with Gasteiger partial charge in [0.1, 0.15) is 4.90 Å². The van der Waals surface area contributed by atoms with Crippen LogP contribution in [0.15, 0.2) is 23.1 Å². The van der Waals surface area contributed by atoms with Gasteiger partial charge in [0, 0.05) is 0 Å². The molecule has 1 N–H and O–H groups in total. The number of terminal acetylenes is 1. The summed E-state index contributed by atoms with van der Waals surface area (Å²) < 4.78 is 26.7. The van der Waals surface area contributed by atoms with E-state index < -0.39 is 16.1 Å². The summed E-state index contributed by atoms with van der Waals surface area (Å²) in [6, 6.07) is 5.31. The first kappa shape index (κ1) is 15.5. The topological polar surface area (TPSA) is 70.0 Å². The summed E-state index contributed by atoms with van der Waals surface area (Å²) in [5.74, 6) is 2.39. The average Bonchev–Trinajstić information content (AvgIpc) is 2.37. The van der Waals surface area contributed by atoms with Crippen molar-refractivity contribution >= 4 is 21.6 Å². The number of benzene rings is 1. The summed E-state index contributed by atoms with van der Waals surface area (Å²) in [6.45, 7) is 1.91. The zero-order valence-corrected chi connectivity index (χ0v) is 11.9. The van der Waals surface area contributed by atoms with E-state index in [9.17, 15) is 8.42 Å². The number of sulfonamides is 1. The highest BCUT2D eigenvalue weighted by molar-refractivity contribution is 7.89. The van der Waals surface area contributed by atoms with E-state index >= 15 is 0 Å². The number of hydrogen-bond donors (Lipinski definition) is 1. The molecule has 0 aliphatic carbocycles. The summed E-state index contributed by atoms with van der Waals surface area (Å²) in [4.78, 5) is -0.0791. The maximum atomic E-state index is 12.1. The molecule has 1 unspecified atom stereocenters. The highest BCUT2D eigenvalue weighted by atomic mass is 35.5. The second-order valence-electron chi connectivity index (χ2n) is 3.89. The number of hydrogen-bond acceptors (Lipinski definition) is 3. The predicted molar refractivity (Wildman–Crippen MR) is 74.0 cm³/mol. The van der Waals surface area contributed by atoms with E-state index in [1.165, 1.54) is 18.2 Å². The van der Waals surface area contributed by atoms with Gasteiger partial charge in [-0.15, -0.1) is 6.42 Å². The molecule has 0 saturated carbocycles. The van der Waals surface area contributed by atoms with Crippen LogP contribution in [0.5, 0.6) is 0 Å². The van der Waals surface area contributed by atoms with Gasteiger partial charge < -0.3 is 0 Å². The van der Waals surface area contributed by atoms with Gasteiger partial charge in [-0.1, -0.05) is 30.9 Å². The van der Waals surface area contributed by atoms with E-state index in [1.807, 2.05) is 13.0 Å². The molecule has 0 saturated heterocycles. The summed E-state index contributed by atoms with van der Waals surface area (Å²) in [7, 11) is -3.78. The van der Waals surface area contributed by atoms with E-state index in [1.54, 1.807) is 0 Å². The van der Waals surface area contributed by atoms with Gasteiger partial charge >= 0.3 is 0 Å². The Morgan fingerprint density at radius 2 is 2.21 bits per heavy atom. The monoisotopic (exact) mass is 296 g/mol. The Kier molecular flexibility index (Phi) is 5.38.